The molecule has 2 heterocycles. The van der Waals surface area contributed by atoms with Gasteiger partial charge in [0.05, 0.1) is 16.8 Å². The Labute approximate surface area is 127 Å². The fraction of sp³-hybridized carbons (Fsp3) is 0.812. The summed E-state index contributed by atoms with van der Waals surface area (Å²) in [6.45, 7) is 15.2. The maximum Gasteiger partial charge on any atom is 0.0985 e. The van der Waals surface area contributed by atoms with Crippen molar-refractivity contribution < 1.29 is 4.74 Å². The van der Waals surface area contributed by atoms with Crippen LogP contribution in [0.25, 0.3) is 0 Å². The molecule has 1 saturated heterocycles. The minimum atomic E-state index is 0.140. The predicted molar refractivity (Wildman–Crippen MR) is 85.5 cm³/mol. The monoisotopic (exact) mass is 296 g/mol. The van der Waals surface area contributed by atoms with Crippen LogP contribution in [-0.2, 0) is 10.2 Å². The van der Waals surface area contributed by atoms with E-state index in [4.69, 9.17) is 9.72 Å². The molecule has 4 heteroatoms. The maximum atomic E-state index is 5.63. The first kappa shape index (κ1) is 15.9. The van der Waals surface area contributed by atoms with E-state index in [-0.39, 0.29) is 5.41 Å². The third kappa shape index (κ3) is 3.60. The zero-order valence-corrected chi connectivity index (χ0v) is 14.4. The Balaban J connectivity index is 1.98. The van der Waals surface area contributed by atoms with Crippen molar-refractivity contribution in [2.75, 3.05) is 13.2 Å². The summed E-state index contributed by atoms with van der Waals surface area (Å²) in [7, 11) is 0. The molecule has 0 aliphatic carbocycles. The van der Waals surface area contributed by atoms with Crippen molar-refractivity contribution in [2.45, 2.75) is 65.5 Å². The van der Waals surface area contributed by atoms with Gasteiger partial charge in [0.1, 0.15) is 0 Å². The second-order valence-electron chi connectivity index (χ2n) is 6.97. The van der Waals surface area contributed by atoms with E-state index in [1.165, 1.54) is 22.0 Å². The summed E-state index contributed by atoms with van der Waals surface area (Å²) in [5.74, 6) is 0.646. The molecular formula is C16H28N2OS. The molecule has 3 atom stereocenters. The first-order valence-corrected chi connectivity index (χ1v) is 8.43. The van der Waals surface area contributed by atoms with Gasteiger partial charge >= 0.3 is 0 Å². The number of aryl methyl sites for hydroxylation is 1. The van der Waals surface area contributed by atoms with Gasteiger partial charge in [-0.3, -0.25) is 0 Å². The highest BCUT2D eigenvalue weighted by atomic mass is 32.1. The van der Waals surface area contributed by atoms with E-state index in [1.807, 2.05) is 11.3 Å². The van der Waals surface area contributed by atoms with Gasteiger partial charge in [0.15, 0.2) is 0 Å². The van der Waals surface area contributed by atoms with Gasteiger partial charge in [-0.05, 0) is 33.1 Å². The average molecular weight is 296 g/mol. The Morgan fingerprint density at radius 2 is 2.15 bits per heavy atom. The summed E-state index contributed by atoms with van der Waals surface area (Å²) in [6, 6.07) is 0.372. The van der Waals surface area contributed by atoms with Crippen LogP contribution >= 0.6 is 11.3 Å². The number of nitrogens with zero attached hydrogens (tertiary/aromatic N) is 1. The third-order valence-electron chi connectivity index (χ3n) is 4.09. The van der Waals surface area contributed by atoms with Gasteiger partial charge in [-0.15, -0.1) is 11.3 Å². The summed E-state index contributed by atoms with van der Waals surface area (Å²) in [4.78, 5) is 6.13. The summed E-state index contributed by atoms with van der Waals surface area (Å²) in [5, 5.41) is 4.90. The number of ether oxygens (including phenoxy) is 1. The van der Waals surface area contributed by atoms with Crippen molar-refractivity contribution in [1.29, 1.82) is 0 Å². The van der Waals surface area contributed by atoms with E-state index < -0.39 is 0 Å². The largest absolute Gasteiger partial charge is 0.378 e. The predicted octanol–water partition coefficient (Wildman–Crippen LogP) is 3.82. The van der Waals surface area contributed by atoms with Crippen molar-refractivity contribution in [1.82, 2.24) is 10.3 Å². The lowest BCUT2D eigenvalue weighted by Gasteiger charge is -2.19. The van der Waals surface area contributed by atoms with Crippen LogP contribution in [0.2, 0.25) is 0 Å². The highest BCUT2D eigenvalue weighted by Crippen LogP contribution is 2.32. The Hall–Kier alpha value is -0.450. The van der Waals surface area contributed by atoms with Gasteiger partial charge in [0, 0.05) is 29.5 Å². The Kier molecular flexibility index (Phi) is 4.88. The van der Waals surface area contributed by atoms with E-state index in [2.05, 4.69) is 46.9 Å². The summed E-state index contributed by atoms with van der Waals surface area (Å²) >= 11 is 1.85. The van der Waals surface area contributed by atoms with Crippen molar-refractivity contribution in [3.8, 4) is 0 Å². The fourth-order valence-corrected chi connectivity index (χ4v) is 3.75. The number of thiazole rings is 1. The number of rotatable bonds is 4. The molecule has 1 N–H and O–H groups in total. The van der Waals surface area contributed by atoms with Crippen LogP contribution in [-0.4, -0.2) is 24.2 Å². The quantitative estimate of drug-likeness (QED) is 0.917. The van der Waals surface area contributed by atoms with Crippen LogP contribution in [0, 0.1) is 12.8 Å². The van der Waals surface area contributed by atoms with E-state index in [0.29, 0.717) is 18.1 Å². The minimum absolute atomic E-state index is 0.140. The van der Waals surface area contributed by atoms with E-state index in [9.17, 15) is 0 Å². The van der Waals surface area contributed by atoms with Crippen LogP contribution < -0.4 is 5.32 Å². The van der Waals surface area contributed by atoms with Crippen molar-refractivity contribution >= 4 is 11.3 Å². The minimum Gasteiger partial charge on any atom is -0.378 e. The molecule has 0 spiro atoms. The third-order valence-corrected chi connectivity index (χ3v) is 5.85. The molecule has 1 aromatic heterocycles. The van der Waals surface area contributed by atoms with E-state index in [0.717, 1.165) is 13.2 Å². The normalized spacial score (nSPS) is 25.1. The van der Waals surface area contributed by atoms with Crippen LogP contribution in [0.1, 0.15) is 62.7 Å². The van der Waals surface area contributed by atoms with Crippen molar-refractivity contribution in [2.24, 2.45) is 5.92 Å². The molecule has 1 aliphatic rings. The molecule has 0 amide bonds. The number of nitrogens with one attached hydrogen (secondary N) is 1. The molecule has 1 aromatic rings. The van der Waals surface area contributed by atoms with Gasteiger partial charge in [-0.2, -0.15) is 0 Å². The lowest BCUT2D eigenvalue weighted by Crippen LogP contribution is -2.29. The number of hydrogen-bond donors (Lipinski definition) is 1. The van der Waals surface area contributed by atoms with Crippen LogP contribution in [0.4, 0.5) is 0 Å². The first-order valence-electron chi connectivity index (χ1n) is 7.62. The molecule has 1 fully saturated rings. The van der Waals surface area contributed by atoms with Crippen LogP contribution in [0.15, 0.2) is 0 Å². The zero-order valence-electron chi connectivity index (χ0n) is 13.6. The Morgan fingerprint density at radius 1 is 1.45 bits per heavy atom. The van der Waals surface area contributed by atoms with Gasteiger partial charge in [0.25, 0.3) is 0 Å². The summed E-state index contributed by atoms with van der Waals surface area (Å²) in [6.07, 6.45) is 1.57. The van der Waals surface area contributed by atoms with Crippen LogP contribution in [0.3, 0.4) is 0 Å². The molecule has 2 rings (SSSR count). The van der Waals surface area contributed by atoms with Gasteiger partial charge < -0.3 is 10.1 Å². The van der Waals surface area contributed by atoms with Gasteiger partial charge in [-0.25, -0.2) is 4.98 Å². The Bertz CT molecular complexity index is 450. The second kappa shape index (κ2) is 6.12. The van der Waals surface area contributed by atoms with Gasteiger partial charge in [0.2, 0.25) is 0 Å². The summed E-state index contributed by atoms with van der Waals surface area (Å²) < 4.78 is 5.63. The molecular weight excluding hydrogens is 268 g/mol. The van der Waals surface area contributed by atoms with Crippen molar-refractivity contribution in [3.05, 3.63) is 15.6 Å². The fourth-order valence-electron chi connectivity index (χ4n) is 2.60. The lowest BCUT2D eigenvalue weighted by molar-refractivity contribution is 0.105. The molecule has 0 aromatic carbocycles. The first-order chi connectivity index (χ1) is 9.29. The molecule has 0 bridgehead atoms. The molecule has 0 radical (unpaired) electrons. The maximum absolute atomic E-state index is 5.63. The highest BCUT2D eigenvalue weighted by Gasteiger charge is 2.26. The highest BCUT2D eigenvalue weighted by molar-refractivity contribution is 7.12. The van der Waals surface area contributed by atoms with Crippen molar-refractivity contribution in [3.63, 3.8) is 0 Å². The van der Waals surface area contributed by atoms with Crippen LogP contribution in [0.5, 0.6) is 0 Å². The SMILES string of the molecule is Cc1nc(C(C)(C)C)sc1C(C)NCC1CCOC1C. The van der Waals surface area contributed by atoms with Gasteiger partial charge in [-0.1, -0.05) is 20.8 Å². The Morgan fingerprint density at radius 3 is 2.65 bits per heavy atom. The topological polar surface area (TPSA) is 34.2 Å². The zero-order chi connectivity index (χ0) is 14.9. The standard InChI is InChI=1S/C16H28N2OS/c1-10(17-9-13-7-8-19-12(13)3)14-11(2)18-15(20-14)16(4,5)6/h10,12-13,17H,7-9H2,1-6H3. The second-order valence-corrected chi connectivity index (χ2v) is 8.00. The number of hydrogen-bond acceptors (Lipinski definition) is 4. The molecule has 1 aliphatic heterocycles. The van der Waals surface area contributed by atoms with E-state index in [1.54, 1.807) is 0 Å². The molecule has 3 nitrogen and oxygen atoms in total. The smallest absolute Gasteiger partial charge is 0.0985 e. The average Bonchev–Trinajstić information content (AvgIpc) is 2.92. The summed E-state index contributed by atoms with van der Waals surface area (Å²) in [5.41, 5.74) is 1.32. The molecule has 3 unspecified atom stereocenters. The molecule has 20 heavy (non-hydrogen) atoms. The number of aromatic nitrogens is 1. The lowest BCUT2D eigenvalue weighted by atomic mass is 9.98. The molecule has 0 saturated carbocycles. The molecule has 114 valence electrons. The van der Waals surface area contributed by atoms with E-state index >= 15 is 0 Å².